The third-order valence-corrected chi connectivity index (χ3v) is 7.44. The number of benzene rings is 2. The lowest BCUT2D eigenvalue weighted by Gasteiger charge is -2.22. The number of hydrogen-bond donors (Lipinski definition) is 1. The zero-order valence-electron chi connectivity index (χ0n) is 17.8. The van der Waals surface area contributed by atoms with Crippen LogP contribution in [0.25, 0.3) is 11.1 Å². The first-order valence-corrected chi connectivity index (χ1v) is 11.2. The van der Waals surface area contributed by atoms with Gasteiger partial charge in [0.05, 0.1) is 12.5 Å². The molecule has 3 aliphatic rings. The van der Waals surface area contributed by atoms with E-state index >= 15 is 0 Å². The highest BCUT2D eigenvalue weighted by Crippen LogP contribution is 2.48. The average molecular weight is 414 g/mol. The second kappa shape index (κ2) is 7.85. The lowest BCUT2D eigenvalue weighted by atomic mass is 9.88. The van der Waals surface area contributed by atoms with Gasteiger partial charge in [-0.05, 0) is 59.4 Å². The van der Waals surface area contributed by atoms with Crippen molar-refractivity contribution in [3.63, 3.8) is 0 Å². The van der Waals surface area contributed by atoms with Crippen molar-refractivity contribution in [1.82, 2.24) is 5.32 Å². The lowest BCUT2D eigenvalue weighted by Crippen LogP contribution is -2.40. The Bertz CT molecular complexity index is 1070. The Kier molecular flexibility index (Phi) is 5.02. The lowest BCUT2D eigenvalue weighted by molar-refractivity contribution is -0.127. The van der Waals surface area contributed by atoms with Crippen LogP contribution >= 0.6 is 0 Å². The van der Waals surface area contributed by atoms with Gasteiger partial charge >= 0.3 is 0 Å². The van der Waals surface area contributed by atoms with Gasteiger partial charge in [0.15, 0.2) is 0 Å². The van der Waals surface area contributed by atoms with Crippen molar-refractivity contribution in [3.8, 4) is 17.2 Å². The average Bonchev–Trinajstić information content (AvgIpc) is 3.49. The molecule has 0 aromatic heterocycles. The van der Waals surface area contributed by atoms with Gasteiger partial charge in [0.25, 0.3) is 0 Å². The summed E-state index contributed by atoms with van der Waals surface area (Å²) < 4.78 is 0. The first-order valence-electron chi connectivity index (χ1n) is 11.2. The summed E-state index contributed by atoms with van der Waals surface area (Å²) in [5.74, 6) is 1.52. The summed E-state index contributed by atoms with van der Waals surface area (Å²) in [5.41, 5.74) is 5.19. The quantitative estimate of drug-likeness (QED) is 0.809. The summed E-state index contributed by atoms with van der Waals surface area (Å²) >= 11 is 0. The molecule has 2 amide bonds. The van der Waals surface area contributed by atoms with Crippen LogP contribution in [-0.2, 0) is 22.4 Å². The summed E-state index contributed by atoms with van der Waals surface area (Å²) in [7, 11) is 1.81. The molecule has 1 N–H and O–H groups in total. The molecule has 0 spiro atoms. The zero-order chi connectivity index (χ0) is 21.5. The fourth-order valence-electron chi connectivity index (χ4n) is 5.66. The first kappa shape index (κ1) is 19.8. The van der Waals surface area contributed by atoms with Gasteiger partial charge in [-0.3, -0.25) is 9.59 Å². The van der Waals surface area contributed by atoms with E-state index in [-0.39, 0.29) is 17.7 Å². The van der Waals surface area contributed by atoms with Gasteiger partial charge in [-0.25, -0.2) is 0 Å². The van der Waals surface area contributed by atoms with Gasteiger partial charge < -0.3 is 10.2 Å². The van der Waals surface area contributed by atoms with E-state index in [1.165, 1.54) is 12.8 Å². The van der Waals surface area contributed by atoms with Crippen LogP contribution in [0, 0.1) is 29.1 Å². The highest BCUT2D eigenvalue weighted by molar-refractivity contribution is 6.01. The molecule has 4 atom stereocenters. The minimum atomic E-state index is -0.503. The number of anilines is 1. The van der Waals surface area contributed by atoms with Crippen LogP contribution in [0.2, 0.25) is 0 Å². The number of rotatable bonds is 5. The summed E-state index contributed by atoms with van der Waals surface area (Å²) in [4.78, 5) is 26.3. The van der Waals surface area contributed by atoms with Gasteiger partial charge in [0.1, 0.15) is 6.04 Å². The Morgan fingerprint density at radius 1 is 1.16 bits per heavy atom. The van der Waals surface area contributed by atoms with Crippen LogP contribution in [0.3, 0.4) is 0 Å². The van der Waals surface area contributed by atoms with Crippen molar-refractivity contribution in [2.45, 2.75) is 44.6 Å². The largest absolute Gasteiger partial charge is 0.340 e. The molecule has 5 heteroatoms. The van der Waals surface area contributed by atoms with E-state index in [0.717, 1.165) is 40.8 Å². The second-order valence-electron chi connectivity index (χ2n) is 9.35. The fraction of sp³-hybridized carbons (Fsp3) is 0.423. The molecule has 1 heterocycles. The van der Waals surface area contributed by atoms with Crippen molar-refractivity contribution in [2.24, 2.45) is 17.8 Å². The first-order chi connectivity index (χ1) is 15.0. The highest BCUT2D eigenvalue weighted by Gasteiger charge is 2.43. The van der Waals surface area contributed by atoms with Crippen LogP contribution in [0.5, 0.6) is 0 Å². The molecule has 2 saturated carbocycles. The molecule has 2 aromatic rings. The number of carbonyl (C=O) groups excluding carboxylic acids is 2. The van der Waals surface area contributed by atoms with Crippen LogP contribution in [0.15, 0.2) is 42.5 Å². The number of nitrogens with zero attached hydrogens (tertiary/aromatic N) is 2. The Morgan fingerprint density at radius 2 is 1.94 bits per heavy atom. The predicted octanol–water partition coefficient (Wildman–Crippen LogP) is 3.86. The Hall–Kier alpha value is -3.13. The van der Waals surface area contributed by atoms with Crippen LogP contribution in [0.4, 0.5) is 5.69 Å². The van der Waals surface area contributed by atoms with Crippen molar-refractivity contribution in [3.05, 3.63) is 53.6 Å². The molecular weight excluding hydrogens is 386 g/mol. The monoisotopic (exact) mass is 413 g/mol. The second-order valence-corrected chi connectivity index (χ2v) is 9.35. The minimum Gasteiger partial charge on any atom is -0.340 e. The summed E-state index contributed by atoms with van der Waals surface area (Å²) in [6.07, 6.45) is 5.57. The fourth-order valence-corrected chi connectivity index (χ4v) is 5.66. The number of amides is 2. The number of carbonyl (C=O) groups is 2. The third kappa shape index (κ3) is 3.72. The molecule has 2 bridgehead atoms. The van der Waals surface area contributed by atoms with E-state index in [2.05, 4.69) is 17.5 Å². The molecule has 1 aliphatic heterocycles. The molecule has 2 aliphatic carbocycles. The van der Waals surface area contributed by atoms with Crippen molar-refractivity contribution < 1.29 is 9.59 Å². The molecular formula is C26H27N3O2. The molecule has 5 rings (SSSR count). The molecule has 5 nitrogen and oxygen atoms in total. The highest BCUT2D eigenvalue weighted by atomic mass is 16.2. The smallest absolute Gasteiger partial charge is 0.231 e. The molecule has 0 saturated heterocycles. The van der Waals surface area contributed by atoms with Gasteiger partial charge in [0, 0.05) is 25.1 Å². The molecule has 158 valence electrons. The minimum absolute atomic E-state index is 0.0622. The van der Waals surface area contributed by atoms with E-state index < -0.39 is 6.04 Å². The molecule has 31 heavy (non-hydrogen) atoms. The Morgan fingerprint density at radius 3 is 2.61 bits per heavy atom. The van der Waals surface area contributed by atoms with Gasteiger partial charge in [-0.1, -0.05) is 42.8 Å². The topological polar surface area (TPSA) is 73.2 Å². The molecule has 2 fully saturated rings. The molecule has 0 radical (unpaired) electrons. The van der Waals surface area contributed by atoms with E-state index in [1.54, 1.807) is 4.90 Å². The van der Waals surface area contributed by atoms with E-state index in [9.17, 15) is 14.9 Å². The van der Waals surface area contributed by atoms with Gasteiger partial charge in [-0.15, -0.1) is 0 Å². The van der Waals surface area contributed by atoms with Crippen LogP contribution < -0.4 is 10.2 Å². The normalized spacial score (nSPS) is 24.7. The van der Waals surface area contributed by atoms with E-state index in [0.29, 0.717) is 24.7 Å². The van der Waals surface area contributed by atoms with E-state index in [1.807, 2.05) is 43.4 Å². The number of likely N-dealkylation sites (N-methyl/N-ethyl adjacent to an activating group) is 1. The number of fused-ring (bicyclic) bond motifs is 3. The van der Waals surface area contributed by atoms with Gasteiger partial charge in [-0.2, -0.15) is 5.26 Å². The van der Waals surface area contributed by atoms with Gasteiger partial charge in [0.2, 0.25) is 11.8 Å². The molecule has 2 aromatic carbocycles. The number of nitriles is 1. The van der Waals surface area contributed by atoms with E-state index in [4.69, 9.17) is 0 Å². The molecule has 0 unspecified atom stereocenters. The zero-order valence-corrected chi connectivity index (χ0v) is 17.8. The van der Waals surface area contributed by atoms with Crippen LogP contribution in [-0.4, -0.2) is 24.9 Å². The summed E-state index contributed by atoms with van der Waals surface area (Å²) in [6, 6.07) is 16.0. The number of hydrogen-bond acceptors (Lipinski definition) is 3. The van der Waals surface area contributed by atoms with Crippen molar-refractivity contribution in [2.75, 3.05) is 11.9 Å². The number of nitrogens with one attached hydrogen (secondary N) is 1. The SMILES string of the molecule is CN1C(=O)Cc2ccc(-c3ccc(C[C@@H](C#N)NC(=O)[C@H]4C[C@@H]5CC[C@H]4C5)cc3)cc21. The Balaban J connectivity index is 1.24. The van der Waals surface area contributed by atoms with Crippen molar-refractivity contribution in [1.29, 1.82) is 5.26 Å². The summed E-state index contributed by atoms with van der Waals surface area (Å²) in [6.45, 7) is 0. The third-order valence-electron chi connectivity index (χ3n) is 7.44. The maximum Gasteiger partial charge on any atom is 0.231 e. The predicted molar refractivity (Wildman–Crippen MR) is 119 cm³/mol. The maximum atomic E-state index is 12.7. The summed E-state index contributed by atoms with van der Waals surface area (Å²) in [5, 5.41) is 12.6. The Labute approximate surface area is 183 Å². The maximum absolute atomic E-state index is 12.7. The van der Waals surface area contributed by atoms with Crippen molar-refractivity contribution >= 4 is 17.5 Å². The standard InChI is InChI=1S/C26H27N3O2/c1-29-24-13-19(8-9-21(24)14-25(29)30)18-5-2-16(3-6-18)11-22(15-27)28-26(31)23-12-17-4-7-20(23)10-17/h2-3,5-6,8-9,13,17,20,22-23H,4,7,10-12,14H2,1H3,(H,28,31)/t17-,20+,22+,23+/m1/s1. The van der Waals surface area contributed by atoms with Crippen LogP contribution in [0.1, 0.15) is 36.8 Å².